The number of fused-ring (bicyclic) bond motifs is 1. The van der Waals surface area contributed by atoms with Gasteiger partial charge in [-0.1, -0.05) is 0 Å². The fourth-order valence-corrected chi connectivity index (χ4v) is 3.66. The van der Waals surface area contributed by atoms with Gasteiger partial charge in [0, 0.05) is 54.5 Å². The Morgan fingerprint density at radius 2 is 1.79 bits per heavy atom. The average Bonchev–Trinajstić information content (AvgIpc) is 2.73. The van der Waals surface area contributed by atoms with Crippen molar-refractivity contribution in [2.24, 2.45) is 0 Å². The monoisotopic (exact) mass is 374 g/mol. The molecule has 0 saturated carbocycles. The molecule has 0 bridgehead atoms. The van der Waals surface area contributed by atoms with Crippen molar-refractivity contribution in [1.29, 1.82) is 0 Å². The summed E-state index contributed by atoms with van der Waals surface area (Å²) in [6, 6.07) is 15.1. The van der Waals surface area contributed by atoms with Crippen LogP contribution < -0.4 is 5.32 Å². The van der Waals surface area contributed by atoms with Crippen molar-refractivity contribution in [2.45, 2.75) is 25.7 Å². The number of carbonyl (C=O) groups excluding carboxylic acids is 2. The number of hydrogen-bond donors (Lipinski definition) is 1. The van der Waals surface area contributed by atoms with E-state index in [9.17, 15) is 9.59 Å². The maximum absolute atomic E-state index is 12.8. The van der Waals surface area contributed by atoms with Gasteiger partial charge in [-0.15, -0.1) is 0 Å². The number of benzene rings is 1. The van der Waals surface area contributed by atoms with Crippen molar-refractivity contribution in [2.75, 3.05) is 18.4 Å². The predicted molar refractivity (Wildman–Crippen MR) is 108 cm³/mol. The number of amides is 2. The normalized spacial score (nSPS) is 14.8. The number of piperidine rings is 1. The van der Waals surface area contributed by atoms with E-state index in [1.54, 1.807) is 30.5 Å². The number of rotatable bonds is 3. The molecule has 3 heterocycles. The van der Waals surface area contributed by atoms with Crippen molar-refractivity contribution in [3.05, 3.63) is 66.0 Å². The van der Waals surface area contributed by atoms with E-state index in [1.807, 2.05) is 17.0 Å². The van der Waals surface area contributed by atoms with Crippen LogP contribution >= 0.6 is 0 Å². The second-order valence-corrected chi connectivity index (χ2v) is 7.11. The van der Waals surface area contributed by atoms with Crippen LogP contribution in [0.3, 0.4) is 0 Å². The molecule has 0 unspecified atom stereocenters. The molecule has 1 aliphatic heterocycles. The lowest BCUT2D eigenvalue weighted by Gasteiger charge is -2.32. The summed E-state index contributed by atoms with van der Waals surface area (Å²) in [6.07, 6.45) is 3.54. The minimum Gasteiger partial charge on any atom is -0.339 e. The van der Waals surface area contributed by atoms with Crippen LogP contribution in [0.5, 0.6) is 0 Å². The van der Waals surface area contributed by atoms with Crippen LogP contribution in [0.25, 0.3) is 11.0 Å². The summed E-state index contributed by atoms with van der Waals surface area (Å²) < 4.78 is 0. The number of nitrogens with one attached hydrogen (secondary N) is 1. The summed E-state index contributed by atoms with van der Waals surface area (Å²) in [5.41, 5.74) is 3.16. The third-order valence-electron chi connectivity index (χ3n) is 5.14. The number of carbonyl (C=O) groups is 2. The Hall–Kier alpha value is -3.28. The molecule has 1 aromatic carbocycles. The second kappa shape index (κ2) is 7.76. The van der Waals surface area contributed by atoms with Crippen LogP contribution in [0.4, 0.5) is 5.69 Å². The summed E-state index contributed by atoms with van der Waals surface area (Å²) in [5.74, 6) is 0.247. The van der Waals surface area contributed by atoms with Crippen molar-refractivity contribution in [3.8, 4) is 0 Å². The molecule has 0 aliphatic carbocycles. The highest BCUT2D eigenvalue weighted by Gasteiger charge is 2.25. The second-order valence-electron chi connectivity index (χ2n) is 7.11. The SMILES string of the molecule is CC(=O)Nc1ccc(C(=O)N2CCC(c3ccc4cccnc4n3)CC2)cc1. The number of pyridine rings is 2. The molecule has 2 amide bonds. The zero-order valence-electron chi connectivity index (χ0n) is 15.8. The molecule has 4 rings (SSSR count). The molecular formula is C22H22N4O2. The van der Waals surface area contributed by atoms with Gasteiger partial charge in [-0.3, -0.25) is 9.59 Å². The lowest BCUT2D eigenvalue weighted by atomic mass is 9.92. The Kier molecular flexibility index (Phi) is 5.02. The molecule has 6 heteroatoms. The Morgan fingerprint density at radius 3 is 2.50 bits per heavy atom. The molecule has 0 radical (unpaired) electrons. The van der Waals surface area contributed by atoms with Crippen molar-refractivity contribution in [3.63, 3.8) is 0 Å². The van der Waals surface area contributed by atoms with E-state index in [4.69, 9.17) is 4.98 Å². The van der Waals surface area contributed by atoms with Crippen LogP contribution in [-0.2, 0) is 4.79 Å². The fraction of sp³-hybridized carbons (Fsp3) is 0.273. The van der Waals surface area contributed by atoms with E-state index in [0.717, 1.165) is 29.6 Å². The van der Waals surface area contributed by atoms with Gasteiger partial charge < -0.3 is 10.2 Å². The first-order chi connectivity index (χ1) is 13.6. The Labute approximate surface area is 163 Å². The summed E-state index contributed by atoms with van der Waals surface area (Å²) in [4.78, 5) is 34.8. The summed E-state index contributed by atoms with van der Waals surface area (Å²) in [5, 5.41) is 3.75. The molecule has 0 atom stereocenters. The highest BCUT2D eigenvalue weighted by molar-refractivity contribution is 5.95. The first-order valence-electron chi connectivity index (χ1n) is 9.49. The van der Waals surface area contributed by atoms with Gasteiger partial charge in [-0.2, -0.15) is 0 Å². The third kappa shape index (κ3) is 3.86. The van der Waals surface area contributed by atoms with Gasteiger partial charge in [-0.25, -0.2) is 9.97 Å². The number of anilines is 1. The number of likely N-dealkylation sites (tertiary alicyclic amines) is 1. The molecular weight excluding hydrogens is 352 g/mol. The van der Waals surface area contributed by atoms with Gasteiger partial charge in [0.1, 0.15) is 0 Å². The topological polar surface area (TPSA) is 75.2 Å². The van der Waals surface area contributed by atoms with Gasteiger partial charge in [0.05, 0.1) is 0 Å². The molecule has 1 N–H and O–H groups in total. The molecule has 2 aromatic heterocycles. The molecule has 3 aromatic rings. The van der Waals surface area contributed by atoms with E-state index < -0.39 is 0 Å². The first-order valence-corrected chi connectivity index (χ1v) is 9.49. The van der Waals surface area contributed by atoms with Gasteiger partial charge >= 0.3 is 0 Å². The Morgan fingerprint density at radius 1 is 1.04 bits per heavy atom. The van der Waals surface area contributed by atoms with Gasteiger partial charge in [0.15, 0.2) is 5.65 Å². The van der Waals surface area contributed by atoms with Crippen LogP contribution in [0.15, 0.2) is 54.7 Å². The van der Waals surface area contributed by atoms with E-state index in [0.29, 0.717) is 30.3 Å². The maximum Gasteiger partial charge on any atom is 0.253 e. The molecule has 0 spiro atoms. The Bertz CT molecular complexity index is 1010. The van der Waals surface area contributed by atoms with Crippen LogP contribution in [0, 0.1) is 0 Å². The highest BCUT2D eigenvalue weighted by Crippen LogP contribution is 2.28. The van der Waals surface area contributed by atoms with Crippen molar-refractivity contribution >= 4 is 28.5 Å². The van der Waals surface area contributed by atoms with Gasteiger partial charge in [0.2, 0.25) is 5.91 Å². The van der Waals surface area contributed by atoms with Crippen LogP contribution in [0.2, 0.25) is 0 Å². The smallest absolute Gasteiger partial charge is 0.253 e. The fourth-order valence-electron chi connectivity index (χ4n) is 3.66. The lowest BCUT2D eigenvalue weighted by Crippen LogP contribution is -2.38. The zero-order chi connectivity index (χ0) is 19.5. The van der Waals surface area contributed by atoms with Crippen molar-refractivity contribution in [1.82, 2.24) is 14.9 Å². The summed E-state index contributed by atoms with van der Waals surface area (Å²) in [6.45, 7) is 2.88. The predicted octanol–water partition coefficient (Wildman–Crippen LogP) is 3.61. The number of nitrogens with zero attached hydrogens (tertiary/aromatic N) is 3. The van der Waals surface area contributed by atoms with Gasteiger partial charge in [-0.05, 0) is 61.4 Å². The molecule has 1 saturated heterocycles. The average molecular weight is 374 g/mol. The molecule has 1 fully saturated rings. The molecule has 142 valence electrons. The third-order valence-corrected chi connectivity index (χ3v) is 5.14. The largest absolute Gasteiger partial charge is 0.339 e. The van der Waals surface area contributed by atoms with E-state index >= 15 is 0 Å². The van der Waals surface area contributed by atoms with E-state index in [-0.39, 0.29) is 11.8 Å². The van der Waals surface area contributed by atoms with E-state index in [1.165, 1.54) is 6.92 Å². The highest BCUT2D eigenvalue weighted by atomic mass is 16.2. The quantitative estimate of drug-likeness (QED) is 0.760. The van der Waals surface area contributed by atoms with Crippen LogP contribution in [-0.4, -0.2) is 39.8 Å². The van der Waals surface area contributed by atoms with Gasteiger partial charge in [0.25, 0.3) is 5.91 Å². The summed E-state index contributed by atoms with van der Waals surface area (Å²) in [7, 11) is 0. The van der Waals surface area contributed by atoms with Crippen LogP contribution in [0.1, 0.15) is 41.7 Å². The van der Waals surface area contributed by atoms with E-state index in [2.05, 4.69) is 22.4 Å². The minimum atomic E-state index is -0.126. The molecule has 28 heavy (non-hydrogen) atoms. The maximum atomic E-state index is 12.8. The standard InChI is InChI=1S/C22H22N4O2/c1-15(27)24-19-7-4-18(5-8-19)22(28)26-13-10-16(11-14-26)20-9-6-17-3-2-12-23-21(17)25-20/h2-9,12,16H,10-11,13-14H2,1H3,(H,24,27). The number of hydrogen-bond acceptors (Lipinski definition) is 4. The molecule has 6 nitrogen and oxygen atoms in total. The Balaban J connectivity index is 1.40. The lowest BCUT2D eigenvalue weighted by molar-refractivity contribution is -0.114. The zero-order valence-corrected chi connectivity index (χ0v) is 15.8. The molecule has 1 aliphatic rings. The summed E-state index contributed by atoms with van der Waals surface area (Å²) >= 11 is 0. The van der Waals surface area contributed by atoms with Crippen molar-refractivity contribution < 1.29 is 9.59 Å². The number of aromatic nitrogens is 2. The first kappa shape index (κ1) is 18.1. The minimum absolute atomic E-state index is 0.0287.